The lowest BCUT2D eigenvalue weighted by atomic mass is 9.78. The lowest BCUT2D eigenvalue weighted by Crippen LogP contribution is -2.22. The highest BCUT2D eigenvalue weighted by molar-refractivity contribution is 9.10. The van der Waals surface area contributed by atoms with Gasteiger partial charge in [0.25, 0.3) is 0 Å². The van der Waals surface area contributed by atoms with E-state index in [1.807, 2.05) is 14.1 Å². The highest BCUT2D eigenvalue weighted by Gasteiger charge is 2.06. The largest absolute Gasteiger partial charge is 0.311 e. The van der Waals surface area contributed by atoms with E-state index in [9.17, 15) is 0 Å². The summed E-state index contributed by atoms with van der Waals surface area (Å²) < 4.78 is 2.55. The molecular formula is C7H5B2BrN3. The summed E-state index contributed by atoms with van der Waals surface area (Å²) in [5.41, 5.74) is 2.22. The number of imidazole rings is 1. The lowest BCUT2D eigenvalue weighted by Gasteiger charge is -2.02. The minimum atomic E-state index is 0.612. The van der Waals surface area contributed by atoms with Gasteiger partial charge in [0, 0.05) is 18.0 Å². The van der Waals surface area contributed by atoms with E-state index in [2.05, 4.69) is 25.9 Å². The van der Waals surface area contributed by atoms with Gasteiger partial charge >= 0.3 is 0 Å². The van der Waals surface area contributed by atoms with Gasteiger partial charge in [0.05, 0.1) is 0 Å². The van der Waals surface area contributed by atoms with E-state index in [0.29, 0.717) is 5.59 Å². The zero-order valence-electron chi connectivity index (χ0n) is 7.03. The van der Waals surface area contributed by atoms with Crippen LogP contribution >= 0.6 is 15.9 Å². The van der Waals surface area contributed by atoms with Crippen LogP contribution in [0, 0.1) is 0 Å². The van der Waals surface area contributed by atoms with Crippen molar-refractivity contribution >= 4 is 47.9 Å². The summed E-state index contributed by atoms with van der Waals surface area (Å²) in [5.74, 6) is 0. The van der Waals surface area contributed by atoms with Crippen LogP contribution in [0.25, 0.3) is 5.65 Å². The zero-order chi connectivity index (χ0) is 9.42. The van der Waals surface area contributed by atoms with Crippen LogP contribution in [-0.2, 0) is 0 Å². The fraction of sp³-hybridized carbons (Fsp3) is 0.143. The molecule has 0 aliphatic carbocycles. The molecule has 2 aromatic rings. The van der Waals surface area contributed by atoms with Crippen LogP contribution in [-0.4, -0.2) is 29.5 Å². The number of hydrogen-bond acceptors (Lipinski definition) is 2. The first-order valence-electron chi connectivity index (χ1n) is 3.81. The minimum Gasteiger partial charge on any atom is -0.311 e. The molecule has 0 aromatic carbocycles. The SMILES string of the molecule is [B]c1cnc2c([B]C)nc(Br)cn12. The lowest BCUT2D eigenvalue weighted by molar-refractivity contribution is 1.15. The van der Waals surface area contributed by atoms with Gasteiger partial charge in [-0.05, 0) is 21.5 Å². The van der Waals surface area contributed by atoms with Crippen LogP contribution in [0.4, 0.5) is 0 Å². The van der Waals surface area contributed by atoms with E-state index < -0.39 is 0 Å². The molecule has 6 heteroatoms. The second-order valence-electron chi connectivity index (χ2n) is 2.61. The fourth-order valence-electron chi connectivity index (χ4n) is 1.19. The summed E-state index contributed by atoms with van der Waals surface area (Å²) in [6, 6.07) is 0. The molecule has 0 saturated carbocycles. The topological polar surface area (TPSA) is 30.2 Å². The Kier molecular flexibility index (Phi) is 2.15. The summed E-state index contributed by atoms with van der Waals surface area (Å²) in [6.07, 6.45) is 3.42. The maximum Gasteiger partial charge on any atom is 0.179 e. The number of rotatable bonds is 1. The van der Waals surface area contributed by atoms with Crippen molar-refractivity contribution in [3.05, 3.63) is 17.0 Å². The van der Waals surface area contributed by atoms with Crippen LogP contribution in [0.5, 0.6) is 0 Å². The van der Waals surface area contributed by atoms with Crippen LogP contribution in [0.3, 0.4) is 0 Å². The highest BCUT2D eigenvalue weighted by Crippen LogP contribution is 2.03. The van der Waals surface area contributed by atoms with Crippen molar-refractivity contribution in [3.8, 4) is 0 Å². The van der Waals surface area contributed by atoms with Gasteiger partial charge in [-0.3, -0.25) is 4.98 Å². The van der Waals surface area contributed by atoms with Crippen molar-refractivity contribution in [2.45, 2.75) is 6.82 Å². The van der Waals surface area contributed by atoms with Gasteiger partial charge in [-0.25, -0.2) is 4.98 Å². The molecule has 0 saturated heterocycles. The Morgan fingerprint density at radius 1 is 1.62 bits per heavy atom. The molecule has 0 fully saturated rings. The Hall–Kier alpha value is -0.770. The maximum absolute atomic E-state index is 5.71. The van der Waals surface area contributed by atoms with Crippen LogP contribution in [0.2, 0.25) is 6.82 Å². The first-order chi connectivity index (χ1) is 6.22. The molecule has 0 aliphatic heterocycles. The molecule has 61 valence electrons. The Balaban J connectivity index is 2.84. The van der Waals surface area contributed by atoms with Gasteiger partial charge < -0.3 is 4.40 Å². The van der Waals surface area contributed by atoms with E-state index in [4.69, 9.17) is 7.85 Å². The molecule has 2 aromatic heterocycles. The van der Waals surface area contributed by atoms with Gasteiger partial charge in [-0.1, -0.05) is 6.82 Å². The van der Waals surface area contributed by atoms with Crippen molar-refractivity contribution in [3.63, 3.8) is 0 Å². The number of fused-ring (bicyclic) bond motifs is 1. The second kappa shape index (κ2) is 3.18. The molecule has 3 nitrogen and oxygen atoms in total. The van der Waals surface area contributed by atoms with E-state index >= 15 is 0 Å². The van der Waals surface area contributed by atoms with E-state index in [-0.39, 0.29) is 0 Å². The molecule has 0 aliphatic rings. The zero-order valence-corrected chi connectivity index (χ0v) is 8.62. The summed E-state index contributed by atoms with van der Waals surface area (Å²) in [5, 5.41) is 0. The van der Waals surface area contributed by atoms with Gasteiger partial charge in [0.15, 0.2) is 7.28 Å². The van der Waals surface area contributed by atoms with Crippen LogP contribution in [0.1, 0.15) is 0 Å². The number of nitrogens with zero attached hydrogens (tertiary/aromatic N) is 3. The summed E-state index contributed by atoms with van der Waals surface area (Å²) in [7, 11) is 7.60. The molecule has 0 spiro atoms. The Morgan fingerprint density at radius 3 is 3.08 bits per heavy atom. The average Bonchev–Trinajstić information content (AvgIpc) is 2.47. The summed E-state index contributed by atoms with van der Waals surface area (Å²) in [4.78, 5) is 8.41. The van der Waals surface area contributed by atoms with Crippen molar-refractivity contribution in [2.24, 2.45) is 0 Å². The predicted molar refractivity (Wildman–Crippen MR) is 57.3 cm³/mol. The third-order valence-corrected chi connectivity index (χ3v) is 2.17. The molecular weight excluding hydrogens is 228 g/mol. The van der Waals surface area contributed by atoms with Gasteiger partial charge in [0.2, 0.25) is 0 Å². The predicted octanol–water partition coefficient (Wildman–Crippen LogP) is -0.337. The molecule has 0 amide bonds. The van der Waals surface area contributed by atoms with Crippen LogP contribution in [0.15, 0.2) is 17.0 Å². The molecule has 3 radical (unpaired) electrons. The molecule has 2 heterocycles. The third-order valence-electron chi connectivity index (χ3n) is 1.79. The molecule has 0 atom stereocenters. The van der Waals surface area contributed by atoms with E-state index in [0.717, 1.165) is 15.8 Å². The molecule has 0 unspecified atom stereocenters. The molecule has 0 N–H and O–H groups in total. The molecule has 13 heavy (non-hydrogen) atoms. The average molecular weight is 233 g/mol. The monoisotopic (exact) mass is 232 g/mol. The quantitative estimate of drug-likeness (QED) is 0.630. The Bertz CT molecular complexity index is 454. The second-order valence-corrected chi connectivity index (χ2v) is 3.43. The van der Waals surface area contributed by atoms with Crippen molar-refractivity contribution in [1.82, 2.24) is 14.4 Å². The van der Waals surface area contributed by atoms with Crippen molar-refractivity contribution in [2.75, 3.05) is 0 Å². The van der Waals surface area contributed by atoms with Gasteiger partial charge in [-0.2, -0.15) is 0 Å². The van der Waals surface area contributed by atoms with Gasteiger partial charge in [0.1, 0.15) is 18.1 Å². The Morgan fingerprint density at radius 2 is 2.38 bits per heavy atom. The maximum atomic E-state index is 5.71. The van der Waals surface area contributed by atoms with Crippen molar-refractivity contribution in [1.29, 1.82) is 0 Å². The summed E-state index contributed by atoms with van der Waals surface area (Å²) in [6.45, 7) is 1.92. The summed E-state index contributed by atoms with van der Waals surface area (Å²) >= 11 is 3.31. The number of halogens is 1. The first kappa shape index (κ1) is 8.81. The standard InChI is InChI=1S/C7H5B2BrN3/c1-9-6-7-11-2-4(8)13(7)3-5(10)12-6/h2-3H,1H3. The van der Waals surface area contributed by atoms with Crippen molar-refractivity contribution < 1.29 is 0 Å². The fourth-order valence-corrected chi connectivity index (χ4v) is 1.59. The number of hydrogen-bond donors (Lipinski definition) is 0. The van der Waals surface area contributed by atoms with E-state index in [1.54, 1.807) is 16.8 Å². The van der Waals surface area contributed by atoms with Gasteiger partial charge in [-0.15, -0.1) is 0 Å². The Labute approximate surface area is 86.4 Å². The third kappa shape index (κ3) is 1.39. The molecule has 2 rings (SSSR count). The molecule has 0 bridgehead atoms. The smallest absolute Gasteiger partial charge is 0.179 e. The van der Waals surface area contributed by atoms with Crippen LogP contribution < -0.4 is 11.2 Å². The first-order valence-corrected chi connectivity index (χ1v) is 4.60. The highest BCUT2D eigenvalue weighted by atomic mass is 79.9. The van der Waals surface area contributed by atoms with E-state index in [1.165, 1.54) is 0 Å². The number of aromatic nitrogens is 3. The normalized spacial score (nSPS) is 10.6. The minimum absolute atomic E-state index is 0.612.